The lowest BCUT2D eigenvalue weighted by atomic mass is 9.76. The Morgan fingerprint density at radius 1 is 1.09 bits per heavy atom. The molecule has 4 rings (SSSR count). The molecule has 0 aliphatic heterocycles. The molecule has 1 N–H and O–H groups in total. The number of benzene rings is 2. The molecule has 0 radical (unpaired) electrons. The molecule has 0 spiro atoms. The van der Waals surface area contributed by atoms with Crippen molar-refractivity contribution >= 4 is 6.08 Å². The minimum atomic E-state index is -0.399. The molecule has 0 heterocycles. The van der Waals surface area contributed by atoms with Gasteiger partial charge in [-0.2, -0.15) is 0 Å². The number of aryl methyl sites for hydroxylation is 2. The number of fused-ring (bicyclic) bond motifs is 2. The van der Waals surface area contributed by atoms with Gasteiger partial charge in [0, 0.05) is 5.41 Å². The fourth-order valence-corrected chi connectivity index (χ4v) is 4.35. The second-order valence-electron chi connectivity index (χ2n) is 7.20. The van der Waals surface area contributed by atoms with Crippen LogP contribution in [0.5, 0.6) is 0 Å². The molecule has 1 nitrogen and oxygen atoms in total. The lowest BCUT2D eigenvalue weighted by Crippen LogP contribution is -2.25. The molecular formula is C21H22O. The average molecular weight is 290 g/mol. The smallest absolute Gasteiger partial charge is 0.0889 e. The first-order chi connectivity index (χ1) is 10.5. The molecule has 112 valence electrons. The molecule has 2 atom stereocenters. The SMILES string of the molecule is Cc1cc(C)c2c(c1)CC(C)(C1=Cc3ccccc3C1)C2O. The molecule has 2 aromatic rings. The summed E-state index contributed by atoms with van der Waals surface area (Å²) in [4.78, 5) is 0. The Morgan fingerprint density at radius 3 is 2.64 bits per heavy atom. The molecule has 2 aliphatic rings. The zero-order chi connectivity index (χ0) is 15.5. The van der Waals surface area contributed by atoms with E-state index in [1.165, 1.54) is 33.4 Å². The highest BCUT2D eigenvalue weighted by Gasteiger charge is 2.45. The van der Waals surface area contributed by atoms with Crippen molar-refractivity contribution in [1.29, 1.82) is 0 Å². The van der Waals surface area contributed by atoms with Crippen LogP contribution in [0.15, 0.2) is 42.0 Å². The van der Waals surface area contributed by atoms with E-state index in [9.17, 15) is 5.11 Å². The summed E-state index contributed by atoms with van der Waals surface area (Å²) in [6.45, 7) is 6.49. The highest BCUT2D eigenvalue weighted by molar-refractivity contribution is 5.66. The summed E-state index contributed by atoms with van der Waals surface area (Å²) >= 11 is 0. The zero-order valence-electron chi connectivity index (χ0n) is 13.5. The maximum atomic E-state index is 11.1. The second kappa shape index (κ2) is 4.57. The van der Waals surface area contributed by atoms with E-state index >= 15 is 0 Å². The first-order valence-electron chi connectivity index (χ1n) is 8.06. The van der Waals surface area contributed by atoms with Gasteiger partial charge in [0.05, 0.1) is 6.10 Å². The van der Waals surface area contributed by atoms with Gasteiger partial charge in [0.25, 0.3) is 0 Å². The fourth-order valence-electron chi connectivity index (χ4n) is 4.35. The van der Waals surface area contributed by atoms with Crippen molar-refractivity contribution in [1.82, 2.24) is 0 Å². The van der Waals surface area contributed by atoms with Crippen LogP contribution in [0.2, 0.25) is 0 Å². The molecule has 2 unspecified atom stereocenters. The number of hydrogen-bond acceptors (Lipinski definition) is 1. The van der Waals surface area contributed by atoms with E-state index in [0.717, 1.165) is 18.4 Å². The molecular weight excluding hydrogens is 268 g/mol. The van der Waals surface area contributed by atoms with Crippen LogP contribution < -0.4 is 0 Å². The highest BCUT2D eigenvalue weighted by atomic mass is 16.3. The van der Waals surface area contributed by atoms with Gasteiger partial charge in [-0.25, -0.2) is 0 Å². The number of aliphatic hydroxyl groups excluding tert-OH is 1. The Hall–Kier alpha value is -1.86. The van der Waals surface area contributed by atoms with Crippen LogP contribution in [-0.2, 0) is 12.8 Å². The van der Waals surface area contributed by atoms with Crippen molar-refractivity contribution in [2.24, 2.45) is 5.41 Å². The van der Waals surface area contributed by atoms with Crippen molar-refractivity contribution in [2.75, 3.05) is 0 Å². The predicted molar refractivity (Wildman–Crippen MR) is 90.8 cm³/mol. The molecule has 0 bridgehead atoms. The van der Waals surface area contributed by atoms with Gasteiger partial charge in [-0.3, -0.25) is 0 Å². The van der Waals surface area contributed by atoms with E-state index < -0.39 is 6.10 Å². The third kappa shape index (κ3) is 1.82. The quantitative estimate of drug-likeness (QED) is 0.817. The Labute approximate surface area is 132 Å². The Morgan fingerprint density at radius 2 is 1.86 bits per heavy atom. The van der Waals surface area contributed by atoms with Gasteiger partial charge in [0.1, 0.15) is 0 Å². The molecule has 0 aromatic heterocycles. The van der Waals surface area contributed by atoms with Gasteiger partial charge < -0.3 is 5.11 Å². The van der Waals surface area contributed by atoms with Crippen LogP contribution in [0.25, 0.3) is 6.08 Å². The van der Waals surface area contributed by atoms with Gasteiger partial charge >= 0.3 is 0 Å². The van der Waals surface area contributed by atoms with E-state index in [1.54, 1.807) is 0 Å². The Bertz CT molecular complexity index is 800. The maximum absolute atomic E-state index is 11.1. The highest BCUT2D eigenvalue weighted by Crippen LogP contribution is 2.53. The first kappa shape index (κ1) is 13.8. The van der Waals surface area contributed by atoms with Gasteiger partial charge in [-0.15, -0.1) is 0 Å². The summed E-state index contributed by atoms with van der Waals surface area (Å²) < 4.78 is 0. The third-order valence-corrected chi connectivity index (χ3v) is 5.55. The lowest BCUT2D eigenvalue weighted by molar-refractivity contribution is 0.0777. The van der Waals surface area contributed by atoms with Crippen molar-refractivity contribution in [2.45, 2.75) is 39.7 Å². The van der Waals surface area contributed by atoms with E-state index in [-0.39, 0.29) is 5.41 Å². The van der Waals surface area contributed by atoms with E-state index in [1.807, 2.05) is 0 Å². The number of rotatable bonds is 1. The molecule has 0 fully saturated rings. The largest absolute Gasteiger partial charge is 0.387 e. The Kier molecular flexibility index (Phi) is 2.86. The van der Waals surface area contributed by atoms with Crippen molar-refractivity contribution < 1.29 is 5.11 Å². The average Bonchev–Trinajstić information content (AvgIpc) is 3.00. The van der Waals surface area contributed by atoms with Gasteiger partial charge in [0.2, 0.25) is 0 Å². The van der Waals surface area contributed by atoms with E-state index in [4.69, 9.17) is 0 Å². The van der Waals surface area contributed by atoms with Crippen LogP contribution in [0.4, 0.5) is 0 Å². The third-order valence-electron chi connectivity index (χ3n) is 5.55. The summed E-state index contributed by atoms with van der Waals surface area (Å²) in [5, 5.41) is 11.1. The van der Waals surface area contributed by atoms with Crippen LogP contribution in [0.3, 0.4) is 0 Å². The monoisotopic (exact) mass is 290 g/mol. The zero-order valence-corrected chi connectivity index (χ0v) is 13.5. The molecule has 0 saturated carbocycles. The molecule has 0 amide bonds. The minimum absolute atomic E-state index is 0.181. The summed E-state index contributed by atoms with van der Waals surface area (Å²) in [6.07, 6.45) is 3.80. The van der Waals surface area contributed by atoms with E-state index in [2.05, 4.69) is 63.2 Å². The molecule has 1 heteroatoms. The van der Waals surface area contributed by atoms with Gasteiger partial charge in [0.15, 0.2) is 0 Å². The van der Waals surface area contributed by atoms with Crippen LogP contribution >= 0.6 is 0 Å². The van der Waals surface area contributed by atoms with Gasteiger partial charge in [-0.1, -0.05) is 60.5 Å². The number of aliphatic hydroxyl groups is 1. The molecule has 0 saturated heterocycles. The predicted octanol–water partition coefficient (Wildman–Crippen LogP) is 4.54. The van der Waals surface area contributed by atoms with Crippen molar-refractivity contribution in [3.8, 4) is 0 Å². The van der Waals surface area contributed by atoms with Crippen LogP contribution in [-0.4, -0.2) is 5.11 Å². The molecule has 2 aromatic carbocycles. The summed E-state index contributed by atoms with van der Waals surface area (Å²) in [7, 11) is 0. The maximum Gasteiger partial charge on any atom is 0.0889 e. The Balaban J connectivity index is 1.77. The molecule has 22 heavy (non-hydrogen) atoms. The first-order valence-corrected chi connectivity index (χ1v) is 8.06. The van der Waals surface area contributed by atoms with Crippen LogP contribution in [0, 0.1) is 19.3 Å². The molecule has 2 aliphatic carbocycles. The summed E-state index contributed by atoms with van der Waals surface area (Å²) in [5.74, 6) is 0. The second-order valence-corrected chi connectivity index (χ2v) is 7.20. The standard InChI is InChI=1S/C21H22O/c1-13-8-14(2)19-17(9-13)12-21(3,20(19)22)18-10-15-6-4-5-7-16(15)11-18/h4-10,20,22H,11-12H2,1-3H3. The summed E-state index contributed by atoms with van der Waals surface area (Å²) in [5.41, 5.74) is 8.88. The van der Waals surface area contributed by atoms with Gasteiger partial charge in [-0.05, 0) is 54.5 Å². The van der Waals surface area contributed by atoms with E-state index in [0.29, 0.717) is 0 Å². The number of hydrogen-bond donors (Lipinski definition) is 1. The van der Waals surface area contributed by atoms with Crippen LogP contribution in [0.1, 0.15) is 46.4 Å². The lowest BCUT2D eigenvalue weighted by Gasteiger charge is -2.30. The normalized spacial score (nSPS) is 25.8. The van der Waals surface area contributed by atoms with Crippen molar-refractivity contribution in [3.05, 3.63) is 75.4 Å². The minimum Gasteiger partial charge on any atom is -0.387 e. The fraction of sp³-hybridized carbons (Fsp3) is 0.333. The topological polar surface area (TPSA) is 20.2 Å². The summed E-state index contributed by atoms with van der Waals surface area (Å²) in [6, 6.07) is 13.0. The van der Waals surface area contributed by atoms with Crippen molar-refractivity contribution in [3.63, 3.8) is 0 Å².